The molecule has 2 amide bonds. The number of ether oxygens (including phenoxy) is 1. The monoisotopic (exact) mass is 492 g/mol. The van der Waals surface area contributed by atoms with Crippen molar-refractivity contribution in [2.24, 2.45) is 11.3 Å². The number of halogens is 3. The van der Waals surface area contributed by atoms with E-state index in [-0.39, 0.29) is 25.5 Å². The van der Waals surface area contributed by atoms with Crippen molar-refractivity contribution in [3.63, 3.8) is 0 Å². The van der Waals surface area contributed by atoms with Crippen LogP contribution in [0.25, 0.3) is 11.1 Å². The van der Waals surface area contributed by atoms with E-state index in [1.807, 2.05) is 48.5 Å². The summed E-state index contributed by atoms with van der Waals surface area (Å²) < 4.78 is 44.0. The molecule has 0 aliphatic heterocycles. The van der Waals surface area contributed by atoms with Gasteiger partial charge in [0.15, 0.2) is 5.92 Å². The molecule has 0 saturated carbocycles. The molecule has 0 heterocycles. The molecule has 188 valence electrons. The van der Waals surface area contributed by atoms with Crippen LogP contribution in [-0.2, 0) is 14.3 Å². The van der Waals surface area contributed by atoms with Crippen LogP contribution in [0.5, 0.6) is 0 Å². The van der Waals surface area contributed by atoms with Gasteiger partial charge in [0.1, 0.15) is 6.61 Å². The molecule has 3 rings (SSSR count). The minimum atomic E-state index is -5.00. The van der Waals surface area contributed by atoms with E-state index in [0.29, 0.717) is 0 Å². The lowest BCUT2D eigenvalue weighted by atomic mass is 9.86. The second-order valence-corrected chi connectivity index (χ2v) is 8.74. The number of hydrogen-bond donors (Lipinski definition) is 3. The Kier molecular flexibility index (Phi) is 7.72. The lowest BCUT2D eigenvalue weighted by Gasteiger charge is -2.28. The molecule has 2 aromatic carbocycles. The van der Waals surface area contributed by atoms with Crippen molar-refractivity contribution in [2.45, 2.75) is 32.4 Å². The van der Waals surface area contributed by atoms with Crippen LogP contribution in [0, 0.1) is 11.3 Å². The van der Waals surface area contributed by atoms with E-state index in [0.717, 1.165) is 22.3 Å². The van der Waals surface area contributed by atoms with Gasteiger partial charge in [-0.15, -0.1) is 0 Å². The van der Waals surface area contributed by atoms with Crippen molar-refractivity contribution in [1.82, 2.24) is 10.6 Å². The quantitative estimate of drug-likeness (QED) is 0.484. The molecule has 0 bridgehead atoms. The van der Waals surface area contributed by atoms with Gasteiger partial charge in [0, 0.05) is 19.0 Å². The Morgan fingerprint density at radius 3 is 2.03 bits per heavy atom. The molecular weight excluding hydrogens is 465 g/mol. The van der Waals surface area contributed by atoms with Gasteiger partial charge < -0.3 is 20.5 Å². The first kappa shape index (κ1) is 26.1. The topological polar surface area (TPSA) is 105 Å². The van der Waals surface area contributed by atoms with Gasteiger partial charge in [0.2, 0.25) is 5.91 Å². The summed E-state index contributed by atoms with van der Waals surface area (Å²) in [7, 11) is 0. The number of carbonyl (C=O) groups excluding carboxylic acids is 2. The van der Waals surface area contributed by atoms with Gasteiger partial charge in [-0.05, 0) is 35.6 Å². The molecule has 0 fully saturated rings. The van der Waals surface area contributed by atoms with E-state index in [4.69, 9.17) is 9.84 Å². The number of carboxylic acid groups (broad SMARTS) is 1. The Labute approximate surface area is 200 Å². The molecule has 2 atom stereocenters. The number of hydrogen-bond acceptors (Lipinski definition) is 4. The van der Waals surface area contributed by atoms with E-state index in [1.54, 1.807) is 6.92 Å². The van der Waals surface area contributed by atoms with Crippen molar-refractivity contribution in [2.75, 3.05) is 19.7 Å². The van der Waals surface area contributed by atoms with Crippen LogP contribution in [0.2, 0.25) is 0 Å². The zero-order chi connectivity index (χ0) is 25.8. The summed E-state index contributed by atoms with van der Waals surface area (Å²) in [5, 5.41) is 13.3. The molecule has 0 aromatic heterocycles. The Morgan fingerprint density at radius 2 is 1.54 bits per heavy atom. The molecule has 1 aliphatic rings. The Morgan fingerprint density at radius 1 is 1.00 bits per heavy atom. The van der Waals surface area contributed by atoms with Crippen molar-refractivity contribution < 1.29 is 37.4 Å². The van der Waals surface area contributed by atoms with Crippen molar-refractivity contribution in [3.8, 4) is 11.1 Å². The molecule has 0 saturated heterocycles. The summed E-state index contributed by atoms with van der Waals surface area (Å²) >= 11 is 0. The number of carboxylic acids is 1. The van der Waals surface area contributed by atoms with Gasteiger partial charge in [0.05, 0.1) is 5.41 Å². The largest absolute Gasteiger partial charge is 0.481 e. The maximum atomic E-state index is 12.8. The number of carbonyl (C=O) groups is 3. The highest BCUT2D eigenvalue weighted by atomic mass is 19.4. The van der Waals surface area contributed by atoms with Crippen LogP contribution in [-0.4, -0.2) is 48.9 Å². The van der Waals surface area contributed by atoms with Crippen LogP contribution in [0.15, 0.2) is 48.5 Å². The number of nitrogens with one attached hydrogen (secondary N) is 2. The minimum absolute atomic E-state index is 0.0702. The normalized spacial score (nSPS) is 15.3. The van der Waals surface area contributed by atoms with Crippen LogP contribution in [0.3, 0.4) is 0 Å². The van der Waals surface area contributed by atoms with Crippen molar-refractivity contribution in [1.29, 1.82) is 0 Å². The van der Waals surface area contributed by atoms with Gasteiger partial charge in [-0.1, -0.05) is 55.5 Å². The number of aliphatic carboxylic acids is 1. The summed E-state index contributed by atoms with van der Waals surface area (Å²) in [4.78, 5) is 35.8. The molecule has 10 heteroatoms. The summed E-state index contributed by atoms with van der Waals surface area (Å²) in [5.74, 6) is -5.74. The highest BCUT2D eigenvalue weighted by molar-refractivity contribution is 5.84. The molecule has 35 heavy (non-hydrogen) atoms. The van der Waals surface area contributed by atoms with Gasteiger partial charge in [-0.25, -0.2) is 4.79 Å². The number of alkyl halides is 3. The van der Waals surface area contributed by atoms with Crippen molar-refractivity contribution in [3.05, 3.63) is 59.7 Å². The minimum Gasteiger partial charge on any atom is -0.481 e. The first-order valence-corrected chi connectivity index (χ1v) is 11.1. The number of benzene rings is 2. The van der Waals surface area contributed by atoms with Crippen LogP contribution in [0.4, 0.5) is 18.0 Å². The lowest BCUT2D eigenvalue weighted by Crippen LogP contribution is -2.49. The highest BCUT2D eigenvalue weighted by Gasteiger charge is 2.46. The molecule has 0 radical (unpaired) electrons. The van der Waals surface area contributed by atoms with E-state index in [1.165, 1.54) is 6.92 Å². The fourth-order valence-electron chi connectivity index (χ4n) is 4.03. The van der Waals surface area contributed by atoms with E-state index >= 15 is 0 Å². The van der Waals surface area contributed by atoms with E-state index < -0.39 is 42.0 Å². The third-order valence-corrected chi connectivity index (χ3v) is 6.46. The molecule has 1 aliphatic carbocycles. The fourth-order valence-corrected chi connectivity index (χ4v) is 4.03. The molecule has 2 aromatic rings. The Balaban J connectivity index is 1.57. The molecular formula is C25H27F3N2O5. The average molecular weight is 492 g/mol. The first-order chi connectivity index (χ1) is 16.5. The maximum Gasteiger partial charge on any atom is 0.407 e. The summed E-state index contributed by atoms with van der Waals surface area (Å²) in [6, 6.07) is 15.7. The second kappa shape index (κ2) is 10.4. The van der Waals surface area contributed by atoms with Crippen molar-refractivity contribution >= 4 is 18.0 Å². The van der Waals surface area contributed by atoms with Gasteiger partial charge in [-0.3, -0.25) is 9.59 Å². The number of alkyl carbamates (subject to hydrolysis) is 1. The smallest absolute Gasteiger partial charge is 0.407 e. The van der Waals surface area contributed by atoms with Gasteiger partial charge >= 0.3 is 18.2 Å². The summed E-state index contributed by atoms with van der Waals surface area (Å²) in [6.45, 7) is 1.88. The average Bonchev–Trinajstić information content (AvgIpc) is 3.13. The summed E-state index contributed by atoms with van der Waals surface area (Å²) in [6.07, 6.45) is -5.58. The van der Waals surface area contributed by atoms with Crippen LogP contribution < -0.4 is 10.6 Å². The summed E-state index contributed by atoms with van der Waals surface area (Å²) in [5.41, 5.74) is 2.96. The standard InChI is InChI=1S/C25H27F3N2O5/c1-3-24(2,22(33)29-12-20(21(31)32)25(26,27)28)14-30-23(34)35-13-19-17-10-6-4-8-15(17)16-9-5-7-11-18(16)19/h4-11,19-20H,3,12-14H2,1-2H3,(H,29,33)(H,30,34)(H,31,32). The van der Waals surface area contributed by atoms with Crippen LogP contribution >= 0.6 is 0 Å². The maximum absolute atomic E-state index is 12.8. The molecule has 2 unspecified atom stereocenters. The predicted octanol–water partition coefficient (Wildman–Crippen LogP) is 4.32. The Bertz CT molecular complexity index is 1060. The highest BCUT2D eigenvalue weighted by Crippen LogP contribution is 2.44. The molecule has 0 spiro atoms. The SMILES string of the molecule is CCC(C)(CNC(=O)OCC1c2ccccc2-c2ccccc21)C(=O)NCC(C(=O)O)C(F)(F)F. The zero-order valence-corrected chi connectivity index (χ0v) is 19.3. The predicted molar refractivity (Wildman–Crippen MR) is 122 cm³/mol. The number of fused-ring (bicyclic) bond motifs is 3. The van der Waals surface area contributed by atoms with Gasteiger partial charge in [0.25, 0.3) is 0 Å². The van der Waals surface area contributed by atoms with E-state index in [9.17, 15) is 27.6 Å². The van der Waals surface area contributed by atoms with E-state index in [2.05, 4.69) is 10.6 Å². The zero-order valence-electron chi connectivity index (χ0n) is 19.3. The lowest BCUT2D eigenvalue weighted by molar-refractivity contribution is -0.192. The molecule has 3 N–H and O–H groups in total. The number of rotatable bonds is 9. The number of amides is 2. The third-order valence-electron chi connectivity index (χ3n) is 6.46. The Hall–Kier alpha value is -3.56. The fraction of sp³-hybridized carbons (Fsp3) is 0.400. The van der Waals surface area contributed by atoms with Crippen LogP contribution in [0.1, 0.15) is 37.3 Å². The first-order valence-electron chi connectivity index (χ1n) is 11.1. The molecule has 7 nitrogen and oxygen atoms in total. The second-order valence-electron chi connectivity index (χ2n) is 8.74. The van der Waals surface area contributed by atoms with Gasteiger partial charge in [-0.2, -0.15) is 13.2 Å². The third kappa shape index (κ3) is 5.75.